The molecular formula is C24H23NO4. The third-order valence-electron chi connectivity index (χ3n) is 4.68. The van der Waals surface area contributed by atoms with Crippen molar-refractivity contribution in [3.05, 3.63) is 89.5 Å². The molecule has 0 bridgehead atoms. The molecule has 148 valence electrons. The van der Waals surface area contributed by atoms with Gasteiger partial charge in [-0.1, -0.05) is 48.5 Å². The lowest BCUT2D eigenvalue weighted by Gasteiger charge is -2.09. The average Bonchev–Trinajstić information content (AvgIpc) is 3.21. The number of hydrogen-bond donors (Lipinski definition) is 1. The van der Waals surface area contributed by atoms with Crippen molar-refractivity contribution in [1.29, 1.82) is 0 Å². The van der Waals surface area contributed by atoms with Crippen LogP contribution in [-0.2, 0) is 24.2 Å². The van der Waals surface area contributed by atoms with Gasteiger partial charge in [-0.3, -0.25) is 4.79 Å². The minimum atomic E-state index is -0.00838. The van der Waals surface area contributed by atoms with Crippen molar-refractivity contribution < 1.29 is 19.0 Å². The number of carbonyl (C=O) groups excluding carboxylic acids is 1. The molecule has 5 heteroatoms. The number of amides is 1. The van der Waals surface area contributed by atoms with E-state index in [0.717, 1.165) is 40.4 Å². The van der Waals surface area contributed by atoms with Crippen molar-refractivity contribution in [2.75, 3.05) is 13.3 Å². The Hall–Kier alpha value is -3.47. The van der Waals surface area contributed by atoms with E-state index in [1.807, 2.05) is 72.8 Å². The lowest BCUT2D eigenvalue weighted by Crippen LogP contribution is -2.27. The molecule has 0 radical (unpaired) electrons. The Morgan fingerprint density at radius 2 is 1.69 bits per heavy atom. The van der Waals surface area contributed by atoms with Crippen LogP contribution in [0.1, 0.15) is 16.7 Å². The summed E-state index contributed by atoms with van der Waals surface area (Å²) in [6.45, 7) is 1.35. The summed E-state index contributed by atoms with van der Waals surface area (Å²) in [5, 5.41) is 2.97. The zero-order valence-electron chi connectivity index (χ0n) is 16.1. The molecule has 5 nitrogen and oxygen atoms in total. The maximum absolute atomic E-state index is 12.3. The van der Waals surface area contributed by atoms with Crippen molar-refractivity contribution in [2.45, 2.75) is 19.4 Å². The monoisotopic (exact) mass is 389 g/mol. The Bertz CT molecular complexity index is 972. The highest BCUT2D eigenvalue weighted by molar-refractivity contribution is 5.78. The third kappa shape index (κ3) is 5.29. The molecule has 0 aliphatic carbocycles. The van der Waals surface area contributed by atoms with Crippen LogP contribution in [0, 0.1) is 0 Å². The van der Waals surface area contributed by atoms with Gasteiger partial charge < -0.3 is 19.5 Å². The van der Waals surface area contributed by atoms with Gasteiger partial charge in [0, 0.05) is 6.54 Å². The predicted octanol–water partition coefficient (Wildman–Crippen LogP) is 3.90. The first-order valence-electron chi connectivity index (χ1n) is 9.67. The van der Waals surface area contributed by atoms with Gasteiger partial charge in [-0.05, 0) is 47.4 Å². The van der Waals surface area contributed by atoms with E-state index in [2.05, 4.69) is 5.32 Å². The first-order valence-corrected chi connectivity index (χ1v) is 9.67. The predicted molar refractivity (Wildman–Crippen MR) is 110 cm³/mol. The molecule has 0 atom stereocenters. The van der Waals surface area contributed by atoms with Gasteiger partial charge in [0.1, 0.15) is 12.4 Å². The smallest absolute Gasteiger partial charge is 0.231 e. The van der Waals surface area contributed by atoms with Crippen LogP contribution >= 0.6 is 0 Å². The summed E-state index contributed by atoms with van der Waals surface area (Å²) < 4.78 is 16.5. The second-order valence-electron chi connectivity index (χ2n) is 6.89. The van der Waals surface area contributed by atoms with E-state index in [1.165, 1.54) is 0 Å². The molecule has 1 N–H and O–H groups in total. The molecule has 1 amide bonds. The molecule has 3 aromatic carbocycles. The molecule has 4 rings (SSSR count). The highest BCUT2D eigenvalue weighted by Crippen LogP contribution is 2.32. The Morgan fingerprint density at radius 1 is 0.862 bits per heavy atom. The highest BCUT2D eigenvalue weighted by atomic mass is 16.7. The summed E-state index contributed by atoms with van der Waals surface area (Å²) >= 11 is 0. The second kappa shape index (κ2) is 9.15. The fraction of sp³-hybridized carbons (Fsp3) is 0.208. The summed E-state index contributed by atoms with van der Waals surface area (Å²) in [5.41, 5.74) is 3.14. The van der Waals surface area contributed by atoms with Gasteiger partial charge in [-0.25, -0.2) is 0 Å². The number of nitrogens with one attached hydrogen (secondary N) is 1. The second-order valence-corrected chi connectivity index (χ2v) is 6.89. The van der Waals surface area contributed by atoms with Crippen LogP contribution in [0.4, 0.5) is 0 Å². The van der Waals surface area contributed by atoms with E-state index >= 15 is 0 Å². The Balaban J connectivity index is 1.24. The Kier molecular flexibility index (Phi) is 5.95. The molecule has 1 heterocycles. The zero-order chi connectivity index (χ0) is 19.9. The van der Waals surface area contributed by atoms with E-state index in [4.69, 9.17) is 14.2 Å². The lowest BCUT2D eigenvalue weighted by molar-refractivity contribution is -0.120. The van der Waals surface area contributed by atoms with Crippen molar-refractivity contribution in [3.8, 4) is 17.2 Å². The topological polar surface area (TPSA) is 56.8 Å². The zero-order valence-corrected chi connectivity index (χ0v) is 16.1. The number of ether oxygens (including phenoxy) is 3. The van der Waals surface area contributed by atoms with Gasteiger partial charge in [0.2, 0.25) is 12.7 Å². The molecule has 0 spiro atoms. The number of rotatable bonds is 8. The third-order valence-corrected chi connectivity index (χ3v) is 4.68. The molecule has 3 aromatic rings. The molecule has 0 saturated carbocycles. The van der Waals surface area contributed by atoms with Gasteiger partial charge in [0.15, 0.2) is 11.5 Å². The first kappa shape index (κ1) is 18.9. The van der Waals surface area contributed by atoms with Crippen molar-refractivity contribution in [2.24, 2.45) is 0 Å². The van der Waals surface area contributed by atoms with Crippen molar-refractivity contribution in [3.63, 3.8) is 0 Å². The number of fused-ring (bicyclic) bond motifs is 1. The molecule has 1 aliphatic heterocycles. The Morgan fingerprint density at radius 3 is 2.59 bits per heavy atom. The molecule has 0 aromatic heterocycles. The van der Waals surface area contributed by atoms with E-state index in [1.54, 1.807) is 0 Å². The van der Waals surface area contributed by atoms with Crippen LogP contribution in [0.3, 0.4) is 0 Å². The van der Waals surface area contributed by atoms with E-state index < -0.39 is 0 Å². The largest absolute Gasteiger partial charge is 0.489 e. The van der Waals surface area contributed by atoms with Crippen molar-refractivity contribution >= 4 is 5.91 Å². The molecular weight excluding hydrogens is 366 g/mol. The quantitative estimate of drug-likeness (QED) is 0.635. The van der Waals surface area contributed by atoms with Gasteiger partial charge >= 0.3 is 0 Å². The fourth-order valence-electron chi connectivity index (χ4n) is 3.18. The van der Waals surface area contributed by atoms with Gasteiger partial charge in [-0.15, -0.1) is 0 Å². The molecule has 29 heavy (non-hydrogen) atoms. The maximum Gasteiger partial charge on any atom is 0.231 e. The molecule has 0 fully saturated rings. The van der Waals surface area contributed by atoms with E-state index in [0.29, 0.717) is 19.6 Å². The SMILES string of the molecule is O=C(Cc1cccc(OCc2ccccc2)c1)NCCc1ccc2c(c1)OCO2. The van der Waals surface area contributed by atoms with Gasteiger partial charge in [0.05, 0.1) is 6.42 Å². The van der Waals surface area contributed by atoms with Crippen LogP contribution in [-0.4, -0.2) is 19.2 Å². The summed E-state index contributed by atoms with van der Waals surface area (Å²) in [6.07, 6.45) is 1.06. The summed E-state index contributed by atoms with van der Waals surface area (Å²) in [5.74, 6) is 2.29. The minimum absolute atomic E-state index is 0.00838. The molecule has 0 unspecified atom stereocenters. The van der Waals surface area contributed by atoms with Crippen LogP contribution in [0.25, 0.3) is 0 Å². The number of hydrogen-bond acceptors (Lipinski definition) is 4. The summed E-state index contributed by atoms with van der Waals surface area (Å²) in [6, 6.07) is 23.5. The van der Waals surface area contributed by atoms with Crippen LogP contribution < -0.4 is 19.5 Å². The summed E-state index contributed by atoms with van der Waals surface area (Å²) in [7, 11) is 0. The Labute approximate surface area is 170 Å². The summed E-state index contributed by atoms with van der Waals surface area (Å²) in [4.78, 5) is 12.3. The van der Waals surface area contributed by atoms with Crippen LogP contribution in [0.2, 0.25) is 0 Å². The van der Waals surface area contributed by atoms with E-state index in [9.17, 15) is 4.79 Å². The molecule has 1 aliphatic rings. The first-order chi connectivity index (χ1) is 14.3. The van der Waals surface area contributed by atoms with E-state index in [-0.39, 0.29) is 12.7 Å². The van der Waals surface area contributed by atoms with Gasteiger partial charge in [0.25, 0.3) is 0 Å². The maximum atomic E-state index is 12.3. The van der Waals surface area contributed by atoms with Crippen LogP contribution in [0.15, 0.2) is 72.8 Å². The lowest BCUT2D eigenvalue weighted by atomic mass is 10.1. The van der Waals surface area contributed by atoms with Crippen molar-refractivity contribution in [1.82, 2.24) is 5.32 Å². The number of carbonyl (C=O) groups is 1. The average molecular weight is 389 g/mol. The number of benzene rings is 3. The fourth-order valence-corrected chi connectivity index (χ4v) is 3.18. The normalized spacial score (nSPS) is 11.9. The minimum Gasteiger partial charge on any atom is -0.489 e. The standard InChI is InChI=1S/C24H23NO4/c26-24(25-12-11-18-9-10-22-23(14-18)29-17-28-22)15-20-7-4-8-21(13-20)27-16-19-5-2-1-3-6-19/h1-10,13-14H,11-12,15-17H2,(H,25,26). The van der Waals surface area contributed by atoms with Crippen LogP contribution in [0.5, 0.6) is 17.2 Å². The molecule has 0 saturated heterocycles. The van der Waals surface area contributed by atoms with Gasteiger partial charge in [-0.2, -0.15) is 0 Å². The highest BCUT2D eigenvalue weighted by Gasteiger charge is 2.13.